The number of rotatable bonds is 3. The standard InChI is InChI=1S/C24H31N3O3/c1-16-19-15-27(14-17-8-6-5-7-9-17)22(28)20(25)12-10-18(19)11-13-21(16)26-23(29)30-24(2,3)4/h5-9,11,13,20H,10,12,14-15,25H2,1-4H3,(H,26,29)/t20-/m1/s1. The predicted octanol–water partition coefficient (Wildman–Crippen LogP) is 4.14. The van der Waals surface area contributed by atoms with Gasteiger partial charge in [-0.25, -0.2) is 4.79 Å². The van der Waals surface area contributed by atoms with Crippen molar-refractivity contribution in [1.29, 1.82) is 0 Å². The van der Waals surface area contributed by atoms with E-state index in [9.17, 15) is 9.59 Å². The molecule has 0 bridgehead atoms. The summed E-state index contributed by atoms with van der Waals surface area (Å²) in [4.78, 5) is 27.0. The zero-order chi connectivity index (χ0) is 21.9. The van der Waals surface area contributed by atoms with Crippen molar-refractivity contribution < 1.29 is 14.3 Å². The van der Waals surface area contributed by atoms with Crippen LogP contribution in [0.3, 0.4) is 0 Å². The van der Waals surface area contributed by atoms with E-state index in [0.717, 1.165) is 28.7 Å². The number of amides is 2. The predicted molar refractivity (Wildman–Crippen MR) is 118 cm³/mol. The number of aryl methyl sites for hydroxylation is 1. The Morgan fingerprint density at radius 3 is 2.57 bits per heavy atom. The topological polar surface area (TPSA) is 84.7 Å². The van der Waals surface area contributed by atoms with E-state index in [0.29, 0.717) is 25.2 Å². The van der Waals surface area contributed by atoms with Crippen LogP contribution in [-0.4, -0.2) is 28.5 Å². The van der Waals surface area contributed by atoms with Crippen molar-refractivity contribution in [3.8, 4) is 0 Å². The number of nitrogens with two attached hydrogens (primary N) is 1. The molecule has 3 N–H and O–H groups in total. The van der Waals surface area contributed by atoms with Gasteiger partial charge in [-0.3, -0.25) is 10.1 Å². The SMILES string of the molecule is Cc1c(NC(=O)OC(C)(C)C)ccc2c1CN(Cc1ccccc1)C(=O)[C@H](N)CC2. The molecule has 6 heteroatoms. The second kappa shape index (κ2) is 8.88. The molecule has 2 aromatic carbocycles. The monoisotopic (exact) mass is 409 g/mol. The van der Waals surface area contributed by atoms with Crippen LogP contribution in [0.4, 0.5) is 10.5 Å². The van der Waals surface area contributed by atoms with Crippen molar-refractivity contribution in [2.45, 2.75) is 65.3 Å². The molecule has 1 aliphatic rings. The third-order valence-corrected chi connectivity index (χ3v) is 5.25. The average molecular weight is 410 g/mol. The molecular weight excluding hydrogens is 378 g/mol. The van der Waals surface area contributed by atoms with Crippen molar-refractivity contribution in [3.63, 3.8) is 0 Å². The maximum absolute atomic E-state index is 13.0. The Balaban J connectivity index is 1.90. The summed E-state index contributed by atoms with van der Waals surface area (Å²) in [5, 5.41) is 2.85. The number of hydrogen-bond acceptors (Lipinski definition) is 4. The first-order chi connectivity index (χ1) is 14.1. The quantitative estimate of drug-likeness (QED) is 0.798. The van der Waals surface area contributed by atoms with Crippen LogP contribution in [0, 0.1) is 6.92 Å². The second-order valence-electron chi connectivity index (χ2n) is 8.83. The molecule has 2 aromatic rings. The van der Waals surface area contributed by atoms with Crippen molar-refractivity contribution in [2.75, 3.05) is 5.32 Å². The summed E-state index contributed by atoms with van der Waals surface area (Å²) in [6.45, 7) is 8.41. The minimum Gasteiger partial charge on any atom is -0.444 e. The van der Waals surface area contributed by atoms with E-state index in [-0.39, 0.29) is 5.91 Å². The van der Waals surface area contributed by atoms with Crippen LogP contribution in [0.2, 0.25) is 0 Å². The van der Waals surface area contributed by atoms with E-state index >= 15 is 0 Å². The number of benzene rings is 2. The maximum atomic E-state index is 13.0. The van der Waals surface area contributed by atoms with Gasteiger partial charge in [-0.1, -0.05) is 36.4 Å². The molecule has 0 aliphatic carbocycles. The highest BCUT2D eigenvalue weighted by atomic mass is 16.6. The molecule has 0 fully saturated rings. The fraction of sp³-hybridized carbons (Fsp3) is 0.417. The van der Waals surface area contributed by atoms with Gasteiger partial charge in [0.1, 0.15) is 5.60 Å². The van der Waals surface area contributed by atoms with Crippen molar-refractivity contribution in [3.05, 3.63) is 64.7 Å². The molecule has 0 unspecified atom stereocenters. The summed E-state index contributed by atoms with van der Waals surface area (Å²) in [5.74, 6) is -0.0468. The van der Waals surface area contributed by atoms with Crippen LogP contribution in [0.5, 0.6) is 0 Å². The molecule has 2 amide bonds. The third kappa shape index (κ3) is 5.39. The molecule has 0 radical (unpaired) electrons. The number of nitrogens with zero attached hydrogens (tertiary/aromatic N) is 1. The summed E-state index contributed by atoms with van der Waals surface area (Å²) in [7, 11) is 0. The Morgan fingerprint density at radius 2 is 1.90 bits per heavy atom. The summed E-state index contributed by atoms with van der Waals surface area (Å²) in [5.41, 5.74) is 10.5. The molecule has 0 spiro atoms. The molecule has 1 atom stereocenters. The molecule has 0 saturated carbocycles. The molecule has 0 aromatic heterocycles. The zero-order valence-corrected chi connectivity index (χ0v) is 18.2. The molecule has 30 heavy (non-hydrogen) atoms. The van der Waals surface area contributed by atoms with Gasteiger partial charge in [0.2, 0.25) is 5.91 Å². The highest BCUT2D eigenvalue weighted by Gasteiger charge is 2.27. The Hall–Kier alpha value is -2.86. The largest absolute Gasteiger partial charge is 0.444 e. The number of carbonyl (C=O) groups excluding carboxylic acids is 2. The Kier molecular flexibility index (Phi) is 6.46. The van der Waals surface area contributed by atoms with E-state index in [4.69, 9.17) is 10.5 Å². The Bertz CT molecular complexity index is 919. The summed E-state index contributed by atoms with van der Waals surface area (Å²) < 4.78 is 5.39. The maximum Gasteiger partial charge on any atom is 0.412 e. The van der Waals surface area contributed by atoms with Crippen molar-refractivity contribution in [1.82, 2.24) is 4.90 Å². The molecule has 1 heterocycles. The lowest BCUT2D eigenvalue weighted by Crippen LogP contribution is -2.44. The van der Waals surface area contributed by atoms with Gasteiger partial charge in [0.15, 0.2) is 0 Å². The fourth-order valence-corrected chi connectivity index (χ4v) is 3.69. The zero-order valence-electron chi connectivity index (χ0n) is 18.2. The smallest absolute Gasteiger partial charge is 0.412 e. The van der Waals surface area contributed by atoms with Gasteiger partial charge in [-0.2, -0.15) is 0 Å². The van der Waals surface area contributed by atoms with Gasteiger partial charge in [0.05, 0.1) is 6.04 Å². The van der Waals surface area contributed by atoms with Crippen LogP contribution in [0.1, 0.15) is 49.4 Å². The summed E-state index contributed by atoms with van der Waals surface area (Å²) in [6.07, 6.45) is 0.834. The third-order valence-electron chi connectivity index (χ3n) is 5.25. The number of fused-ring (bicyclic) bond motifs is 1. The lowest BCUT2D eigenvalue weighted by molar-refractivity contribution is -0.134. The van der Waals surface area contributed by atoms with E-state index in [1.54, 1.807) is 0 Å². The first-order valence-electron chi connectivity index (χ1n) is 10.3. The number of nitrogens with one attached hydrogen (secondary N) is 1. The highest BCUT2D eigenvalue weighted by molar-refractivity contribution is 5.86. The lowest BCUT2D eigenvalue weighted by Gasteiger charge is -2.31. The fourth-order valence-electron chi connectivity index (χ4n) is 3.69. The Morgan fingerprint density at radius 1 is 1.20 bits per heavy atom. The molecule has 3 rings (SSSR count). The van der Waals surface area contributed by atoms with Crippen molar-refractivity contribution in [2.24, 2.45) is 5.73 Å². The van der Waals surface area contributed by atoms with Gasteiger partial charge in [0, 0.05) is 18.8 Å². The van der Waals surface area contributed by atoms with Crippen LogP contribution < -0.4 is 11.1 Å². The van der Waals surface area contributed by atoms with Gasteiger partial charge < -0.3 is 15.4 Å². The molecule has 6 nitrogen and oxygen atoms in total. The first-order valence-corrected chi connectivity index (χ1v) is 10.3. The van der Waals surface area contributed by atoms with Crippen LogP contribution in [0.25, 0.3) is 0 Å². The second-order valence-corrected chi connectivity index (χ2v) is 8.83. The highest BCUT2D eigenvalue weighted by Crippen LogP contribution is 2.28. The van der Waals surface area contributed by atoms with Gasteiger partial charge in [0.25, 0.3) is 0 Å². The average Bonchev–Trinajstić information content (AvgIpc) is 2.67. The summed E-state index contributed by atoms with van der Waals surface area (Å²) in [6, 6.07) is 13.3. The van der Waals surface area contributed by atoms with Gasteiger partial charge in [-0.15, -0.1) is 0 Å². The van der Waals surface area contributed by atoms with E-state index < -0.39 is 17.7 Å². The minimum atomic E-state index is -0.573. The summed E-state index contributed by atoms with van der Waals surface area (Å²) >= 11 is 0. The molecule has 0 saturated heterocycles. The van der Waals surface area contributed by atoms with Gasteiger partial charge in [-0.05, 0) is 68.9 Å². The first kappa shape index (κ1) is 21.8. The molecule has 1 aliphatic heterocycles. The Labute approximate surface area is 178 Å². The van der Waals surface area contributed by atoms with Crippen molar-refractivity contribution >= 4 is 17.7 Å². The van der Waals surface area contributed by atoms with Crippen LogP contribution in [0.15, 0.2) is 42.5 Å². The van der Waals surface area contributed by atoms with E-state index in [2.05, 4.69) is 5.32 Å². The van der Waals surface area contributed by atoms with Crippen LogP contribution >= 0.6 is 0 Å². The van der Waals surface area contributed by atoms with Gasteiger partial charge >= 0.3 is 6.09 Å². The number of hydrogen-bond donors (Lipinski definition) is 2. The lowest BCUT2D eigenvalue weighted by atomic mass is 9.92. The van der Waals surface area contributed by atoms with Crippen LogP contribution in [-0.2, 0) is 29.0 Å². The minimum absolute atomic E-state index is 0.0468. The number of anilines is 1. The molecular formula is C24H31N3O3. The van der Waals surface area contributed by atoms with E-state index in [1.165, 1.54) is 0 Å². The van der Waals surface area contributed by atoms with E-state index in [1.807, 2.05) is 75.1 Å². The number of ether oxygens (including phenoxy) is 1. The normalized spacial score (nSPS) is 17.0. The molecule has 160 valence electrons. The number of carbonyl (C=O) groups is 2.